The van der Waals surface area contributed by atoms with E-state index >= 15 is 0 Å². The number of amides is 2. The molecule has 0 aliphatic carbocycles. The van der Waals surface area contributed by atoms with E-state index in [1.807, 2.05) is 30.6 Å². The second kappa shape index (κ2) is 8.88. The van der Waals surface area contributed by atoms with Crippen molar-refractivity contribution >= 4 is 17.8 Å². The predicted octanol–water partition coefficient (Wildman–Crippen LogP) is 2.95. The van der Waals surface area contributed by atoms with Crippen molar-refractivity contribution in [1.82, 2.24) is 19.8 Å². The second-order valence-corrected chi connectivity index (χ2v) is 8.13. The van der Waals surface area contributed by atoms with E-state index in [9.17, 15) is 9.59 Å². The molecule has 5 rings (SSSR count). The largest absolute Gasteiger partial charge is 0.338 e. The summed E-state index contributed by atoms with van der Waals surface area (Å²) < 4.78 is 0. The van der Waals surface area contributed by atoms with Crippen LogP contribution in [0.3, 0.4) is 0 Å². The predicted molar refractivity (Wildman–Crippen MR) is 123 cm³/mol. The molecule has 0 bridgehead atoms. The van der Waals surface area contributed by atoms with Gasteiger partial charge in [0.15, 0.2) is 0 Å². The van der Waals surface area contributed by atoms with Crippen LogP contribution in [0.25, 0.3) is 11.1 Å². The Labute approximate surface area is 187 Å². The summed E-state index contributed by atoms with van der Waals surface area (Å²) in [6.07, 6.45) is 4.53. The van der Waals surface area contributed by atoms with Crippen LogP contribution in [0.5, 0.6) is 0 Å². The summed E-state index contributed by atoms with van der Waals surface area (Å²) in [5, 5.41) is 0. The number of carbonyl (C=O) groups excluding carboxylic acids is 2. The molecule has 3 heterocycles. The quantitative estimate of drug-likeness (QED) is 0.564. The van der Waals surface area contributed by atoms with E-state index in [0.717, 1.165) is 56.2 Å². The highest BCUT2D eigenvalue weighted by molar-refractivity contribution is 6.21. The molecule has 0 N–H and O–H groups in total. The van der Waals surface area contributed by atoms with Gasteiger partial charge in [-0.25, -0.2) is 9.97 Å². The minimum absolute atomic E-state index is 0.175. The van der Waals surface area contributed by atoms with E-state index in [1.54, 1.807) is 24.3 Å². The van der Waals surface area contributed by atoms with Gasteiger partial charge in [-0.05, 0) is 30.7 Å². The molecule has 0 unspecified atom stereocenters. The summed E-state index contributed by atoms with van der Waals surface area (Å²) in [5.41, 5.74) is 3.16. The molecule has 0 spiro atoms. The van der Waals surface area contributed by atoms with Gasteiger partial charge in [-0.2, -0.15) is 0 Å². The molecule has 2 aliphatic rings. The Bertz CT molecular complexity index is 1070. The number of carbonyl (C=O) groups is 2. The summed E-state index contributed by atoms with van der Waals surface area (Å²) in [4.78, 5) is 40.0. The van der Waals surface area contributed by atoms with Gasteiger partial charge in [0.1, 0.15) is 0 Å². The fourth-order valence-electron chi connectivity index (χ4n) is 4.33. The monoisotopic (exact) mass is 427 g/mol. The zero-order valence-electron chi connectivity index (χ0n) is 17.9. The molecule has 1 saturated heterocycles. The first-order valence-corrected chi connectivity index (χ1v) is 11.0. The molecule has 7 heteroatoms. The summed E-state index contributed by atoms with van der Waals surface area (Å²) in [5.74, 6) is 0.411. The van der Waals surface area contributed by atoms with E-state index in [0.29, 0.717) is 17.7 Å². The Kier molecular flexibility index (Phi) is 5.64. The standard InChI is InChI=1S/C25H25N5O2/c31-23-21-9-4-5-10-22(21)24(32)30(23)12-6-11-28-13-15-29(16-14-28)25-26-17-20(18-27-25)19-7-2-1-3-8-19/h1-5,7-10,17-18H,6,11-16H2. The molecule has 3 aromatic rings. The fraction of sp³-hybridized carbons (Fsp3) is 0.280. The number of aromatic nitrogens is 2. The molecule has 0 atom stereocenters. The number of nitrogens with zero attached hydrogens (tertiary/aromatic N) is 5. The van der Waals surface area contributed by atoms with Gasteiger partial charge in [-0.3, -0.25) is 19.4 Å². The normalized spacial score (nSPS) is 16.5. The molecule has 0 saturated carbocycles. The van der Waals surface area contributed by atoms with Gasteiger partial charge >= 0.3 is 0 Å². The number of rotatable bonds is 6. The molecular formula is C25H25N5O2. The van der Waals surface area contributed by atoms with Crippen molar-refractivity contribution in [2.45, 2.75) is 6.42 Å². The van der Waals surface area contributed by atoms with Crippen LogP contribution in [0.1, 0.15) is 27.1 Å². The van der Waals surface area contributed by atoms with Crippen molar-refractivity contribution in [3.8, 4) is 11.1 Å². The van der Waals surface area contributed by atoms with Crippen LogP contribution in [0.15, 0.2) is 67.0 Å². The number of benzene rings is 2. The maximum Gasteiger partial charge on any atom is 0.261 e. The van der Waals surface area contributed by atoms with Gasteiger partial charge in [-0.15, -0.1) is 0 Å². The Hall–Kier alpha value is -3.58. The first kappa shape index (κ1) is 20.3. The third-order valence-electron chi connectivity index (χ3n) is 6.13. The lowest BCUT2D eigenvalue weighted by atomic mass is 10.1. The highest BCUT2D eigenvalue weighted by Gasteiger charge is 2.34. The summed E-state index contributed by atoms with van der Waals surface area (Å²) >= 11 is 0. The van der Waals surface area contributed by atoms with Gasteiger partial charge in [0, 0.05) is 50.7 Å². The molecule has 32 heavy (non-hydrogen) atoms. The van der Waals surface area contributed by atoms with Crippen molar-refractivity contribution in [2.24, 2.45) is 0 Å². The van der Waals surface area contributed by atoms with E-state index in [2.05, 4.69) is 31.9 Å². The van der Waals surface area contributed by atoms with Crippen molar-refractivity contribution in [2.75, 3.05) is 44.2 Å². The number of anilines is 1. The molecule has 162 valence electrons. The van der Waals surface area contributed by atoms with Gasteiger partial charge in [0.05, 0.1) is 11.1 Å². The minimum atomic E-state index is -0.175. The zero-order chi connectivity index (χ0) is 21.9. The first-order valence-electron chi connectivity index (χ1n) is 11.0. The first-order chi connectivity index (χ1) is 15.7. The lowest BCUT2D eigenvalue weighted by Gasteiger charge is -2.34. The Morgan fingerprint density at radius 3 is 1.91 bits per heavy atom. The lowest BCUT2D eigenvalue weighted by Crippen LogP contribution is -2.47. The number of imide groups is 1. The molecule has 2 aliphatic heterocycles. The Balaban J connectivity index is 1.10. The SMILES string of the molecule is O=C1c2ccccc2C(=O)N1CCCN1CCN(c2ncc(-c3ccccc3)cn2)CC1. The lowest BCUT2D eigenvalue weighted by molar-refractivity contribution is 0.0647. The smallest absolute Gasteiger partial charge is 0.261 e. The van der Waals surface area contributed by atoms with Gasteiger partial charge in [0.25, 0.3) is 11.8 Å². The van der Waals surface area contributed by atoms with Crippen LogP contribution in [-0.4, -0.2) is 70.9 Å². The average molecular weight is 428 g/mol. The molecule has 2 aromatic carbocycles. The molecular weight excluding hydrogens is 402 g/mol. The molecule has 1 fully saturated rings. The van der Waals surface area contributed by atoms with Crippen molar-refractivity contribution in [3.63, 3.8) is 0 Å². The van der Waals surface area contributed by atoms with Crippen LogP contribution in [-0.2, 0) is 0 Å². The summed E-state index contributed by atoms with van der Waals surface area (Å²) in [7, 11) is 0. The average Bonchev–Trinajstić information content (AvgIpc) is 3.10. The van der Waals surface area contributed by atoms with E-state index < -0.39 is 0 Å². The third kappa shape index (κ3) is 3.99. The zero-order valence-corrected chi connectivity index (χ0v) is 17.9. The molecule has 1 aromatic heterocycles. The van der Waals surface area contributed by atoms with Crippen molar-refractivity contribution in [3.05, 3.63) is 78.1 Å². The second-order valence-electron chi connectivity index (χ2n) is 8.13. The number of hydrogen-bond donors (Lipinski definition) is 0. The van der Waals surface area contributed by atoms with E-state index in [4.69, 9.17) is 0 Å². The van der Waals surface area contributed by atoms with E-state index in [-0.39, 0.29) is 11.8 Å². The molecule has 7 nitrogen and oxygen atoms in total. The van der Waals surface area contributed by atoms with Crippen LogP contribution in [0, 0.1) is 0 Å². The number of piperazine rings is 1. The van der Waals surface area contributed by atoms with Crippen LogP contribution < -0.4 is 4.90 Å². The summed E-state index contributed by atoms with van der Waals surface area (Å²) in [6, 6.07) is 17.2. The highest BCUT2D eigenvalue weighted by atomic mass is 16.2. The third-order valence-corrected chi connectivity index (χ3v) is 6.13. The summed E-state index contributed by atoms with van der Waals surface area (Å²) in [6.45, 7) is 4.85. The Morgan fingerprint density at radius 1 is 0.688 bits per heavy atom. The van der Waals surface area contributed by atoms with Crippen molar-refractivity contribution in [1.29, 1.82) is 0 Å². The van der Waals surface area contributed by atoms with Crippen LogP contribution >= 0.6 is 0 Å². The molecule has 0 radical (unpaired) electrons. The maximum atomic E-state index is 12.5. The van der Waals surface area contributed by atoms with Crippen LogP contribution in [0.2, 0.25) is 0 Å². The Morgan fingerprint density at radius 2 is 1.28 bits per heavy atom. The van der Waals surface area contributed by atoms with Crippen molar-refractivity contribution < 1.29 is 9.59 Å². The number of hydrogen-bond acceptors (Lipinski definition) is 6. The van der Waals surface area contributed by atoms with Gasteiger partial charge in [-0.1, -0.05) is 42.5 Å². The highest BCUT2D eigenvalue weighted by Crippen LogP contribution is 2.23. The number of fused-ring (bicyclic) bond motifs is 1. The molecule has 2 amide bonds. The van der Waals surface area contributed by atoms with E-state index in [1.165, 1.54) is 4.90 Å². The van der Waals surface area contributed by atoms with Crippen LogP contribution in [0.4, 0.5) is 5.95 Å². The maximum absolute atomic E-state index is 12.5. The minimum Gasteiger partial charge on any atom is -0.338 e. The van der Waals surface area contributed by atoms with Gasteiger partial charge in [0.2, 0.25) is 5.95 Å². The van der Waals surface area contributed by atoms with Gasteiger partial charge < -0.3 is 4.90 Å². The topological polar surface area (TPSA) is 69.6 Å². The fourth-order valence-corrected chi connectivity index (χ4v) is 4.33.